The number of rotatable bonds is 4. The lowest BCUT2D eigenvalue weighted by molar-refractivity contribution is -0.892. The summed E-state index contributed by atoms with van der Waals surface area (Å²) in [5.41, 5.74) is -0.0138. The number of nitrogens with one attached hydrogen (secondary N) is 2. The normalized spacial score (nSPS) is 24.7. The van der Waals surface area contributed by atoms with Gasteiger partial charge in [-0.05, 0) is 37.0 Å². The van der Waals surface area contributed by atoms with Crippen molar-refractivity contribution in [1.82, 2.24) is 5.32 Å². The van der Waals surface area contributed by atoms with Gasteiger partial charge in [0.25, 0.3) is 5.91 Å². The third-order valence-electron chi connectivity index (χ3n) is 5.88. The molecule has 1 amide bonds. The van der Waals surface area contributed by atoms with Crippen molar-refractivity contribution in [1.29, 1.82) is 0 Å². The Morgan fingerprint density at radius 2 is 1.93 bits per heavy atom. The first-order chi connectivity index (χ1) is 12.8. The number of halogens is 3. The van der Waals surface area contributed by atoms with Crippen molar-refractivity contribution in [2.24, 2.45) is 5.92 Å². The minimum atomic E-state index is -4.32. The lowest BCUT2D eigenvalue weighted by Crippen LogP contribution is -3.16. The number of carbonyl (C=O) groups is 1. The van der Waals surface area contributed by atoms with Crippen LogP contribution in [0, 0.1) is 5.92 Å². The van der Waals surface area contributed by atoms with Crippen molar-refractivity contribution < 1.29 is 22.9 Å². The lowest BCUT2D eigenvalue weighted by atomic mass is 9.86. The van der Waals surface area contributed by atoms with E-state index in [-0.39, 0.29) is 11.9 Å². The van der Waals surface area contributed by atoms with Crippen LogP contribution >= 0.6 is 0 Å². The number of alkyl halides is 3. The van der Waals surface area contributed by atoms with E-state index >= 15 is 0 Å². The highest BCUT2D eigenvalue weighted by molar-refractivity contribution is 5.77. The molecular weight excluding hydrogens is 355 g/mol. The van der Waals surface area contributed by atoms with Gasteiger partial charge in [0.2, 0.25) is 0 Å². The minimum Gasteiger partial charge on any atom is -0.360 e. The summed E-state index contributed by atoms with van der Waals surface area (Å²) in [7, 11) is 0. The molecule has 1 heterocycles. The highest BCUT2D eigenvalue weighted by atomic mass is 19.4. The molecular formula is C20H29F3N3O+. The number of piperazine rings is 1. The van der Waals surface area contributed by atoms with Crippen LogP contribution in [0.1, 0.15) is 38.2 Å². The SMILES string of the molecule is C[C@@H]1CCCC[C@H]1NC(=O)C[NH+]1CCN(c2cccc(C(F)(F)F)c2)CC1. The smallest absolute Gasteiger partial charge is 0.360 e. The fraction of sp³-hybridized carbons (Fsp3) is 0.650. The first-order valence-corrected chi connectivity index (χ1v) is 9.88. The van der Waals surface area contributed by atoms with Gasteiger partial charge in [-0.3, -0.25) is 4.79 Å². The first kappa shape index (κ1) is 20.0. The van der Waals surface area contributed by atoms with Gasteiger partial charge in [0.15, 0.2) is 6.54 Å². The zero-order chi connectivity index (χ0) is 19.4. The molecule has 0 unspecified atom stereocenters. The third-order valence-corrected chi connectivity index (χ3v) is 5.88. The lowest BCUT2D eigenvalue weighted by Gasteiger charge is -2.34. The van der Waals surface area contributed by atoms with Crippen molar-refractivity contribution in [2.75, 3.05) is 37.6 Å². The summed E-state index contributed by atoms with van der Waals surface area (Å²) < 4.78 is 38.7. The third kappa shape index (κ3) is 5.37. The Morgan fingerprint density at radius 3 is 2.59 bits per heavy atom. The Bertz CT molecular complexity index is 642. The van der Waals surface area contributed by atoms with E-state index in [0.717, 1.165) is 25.6 Å². The molecule has 7 heteroatoms. The summed E-state index contributed by atoms with van der Waals surface area (Å²) in [6, 6.07) is 5.77. The van der Waals surface area contributed by atoms with Crippen LogP contribution in [0.25, 0.3) is 0 Å². The Balaban J connectivity index is 1.48. The molecule has 2 fully saturated rings. The zero-order valence-corrected chi connectivity index (χ0v) is 15.8. The van der Waals surface area contributed by atoms with Gasteiger partial charge in [-0.15, -0.1) is 0 Å². The van der Waals surface area contributed by atoms with E-state index in [4.69, 9.17) is 0 Å². The molecule has 3 rings (SSSR count). The minimum absolute atomic E-state index is 0.0938. The highest BCUT2D eigenvalue weighted by Gasteiger charge is 2.31. The predicted molar refractivity (Wildman–Crippen MR) is 98.8 cm³/mol. The highest BCUT2D eigenvalue weighted by Crippen LogP contribution is 2.31. The van der Waals surface area contributed by atoms with E-state index in [1.165, 1.54) is 36.3 Å². The van der Waals surface area contributed by atoms with Crippen LogP contribution in [0.4, 0.5) is 18.9 Å². The van der Waals surface area contributed by atoms with Gasteiger partial charge in [-0.2, -0.15) is 13.2 Å². The average molecular weight is 384 g/mol. The second kappa shape index (κ2) is 8.50. The summed E-state index contributed by atoms with van der Waals surface area (Å²) in [6.07, 6.45) is 0.338. The molecule has 0 aromatic heterocycles. The van der Waals surface area contributed by atoms with Crippen LogP contribution in [-0.4, -0.2) is 44.7 Å². The van der Waals surface area contributed by atoms with Crippen LogP contribution in [0.2, 0.25) is 0 Å². The zero-order valence-electron chi connectivity index (χ0n) is 15.8. The number of anilines is 1. The molecule has 2 N–H and O–H groups in total. The molecule has 0 bridgehead atoms. The number of hydrogen-bond acceptors (Lipinski definition) is 2. The summed E-state index contributed by atoms with van der Waals surface area (Å²) in [5, 5.41) is 3.18. The summed E-state index contributed by atoms with van der Waals surface area (Å²) in [4.78, 5) is 15.5. The monoisotopic (exact) mass is 384 g/mol. The van der Waals surface area contributed by atoms with E-state index in [9.17, 15) is 18.0 Å². The number of amides is 1. The van der Waals surface area contributed by atoms with E-state index in [0.29, 0.717) is 31.2 Å². The average Bonchev–Trinajstić information content (AvgIpc) is 2.64. The van der Waals surface area contributed by atoms with E-state index in [1.54, 1.807) is 6.07 Å². The Hall–Kier alpha value is -1.76. The van der Waals surface area contributed by atoms with Crippen molar-refractivity contribution in [2.45, 2.75) is 44.8 Å². The van der Waals surface area contributed by atoms with Gasteiger partial charge in [0.05, 0.1) is 31.7 Å². The summed E-state index contributed by atoms with van der Waals surface area (Å²) in [6.45, 7) is 5.46. The molecule has 0 spiro atoms. The van der Waals surface area contributed by atoms with Crippen LogP contribution in [0.15, 0.2) is 24.3 Å². The molecule has 1 aliphatic heterocycles. The second-order valence-corrected chi connectivity index (χ2v) is 7.90. The molecule has 0 radical (unpaired) electrons. The fourth-order valence-electron chi connectivity index (χ4n) is 4.15. The van der Waals surface area contributed by atoms with Crippen LogP contribution in [0.5, 0.6) is 0 Å². The maximum atomic E-state index is 12.9. The van der Waals surface area contributed by atoms with Gasteiger partial charge in [0, 0.05) is 11.7 Å². The van der Waals surface area contributed by atoms with Gasteiger partial charge in [0.1, 0.15) is 0 Å². The van der Waals surface area contributed by atoms with Gasteiger partial charge in [-0.1, -0.05) is 25.8 Å². The van der Waals surface area contributed by atoms with Gasteiger partial charge in [-0.25, -0.2) is 0 Å². The number of benzene rings is 1. The Morgan fingerprint density at radius 1 is 1.22 bits per heavy atom. The van der Waals surface area contributed by atoms with E-state index < -0.39 is 11.7 Å². The van der Waals surface area contributed by atoms with Gasteiger partial charge < -0.3 is 15.1 Å². The molecule has 1 aliphatic carbocycles. The van der Waals surface area contributed by atoms with Crippen LogP contribution < -0.4 is 15.1 Å². The molecule has 1 aromatic carbocycles. The largest absolute Gasteiger partial charge is 0.416 e. The standard InChI is InChI=1S/C20H28F3N3O/c1-15-5-2-3-8-18(15)24-19(27)14-25-9-11-26(12-10-25)17-7-4-6-16(13-17)20(21,22)23/h4,6-7,13,15,18H,2-3,5,8-12,14H2,1H3,(H,24,27)/p+1/t15-,18-/m1/s1. The van der Waals surface area contributed by atoms with Crippen molar-refractivity contribution in [3.8, 4) is 0 Å². The van der Waals surface area contributed by atoms with E-state index in [2.05, 4.69) is 12.2 Å². The quantitative estimate of drug-likeness (QED) is 0.834. The van der Waals surface area contributed by atoms with Crippen LogP contribution in [0.3, 0.4) is 0 Å². The predicted octanol–water partition coefficient (Wildman–Crippen LogP) is 2.11. The number of quaternary nitrogens is 1. The van der Waals surface area contributed by atoms with Crippen molar-refractivity contribution in [3.05, 3.63) is 29.8 Å². The Labute approximate surface area is 158 Å². The Kier molecular flexibility index (Phi) is 6.29. The molecule has 2 atom stereocenters. The molecule has 27 heavy (non-hydrogen) atoms. The number of carbonyl (C=O) groups excluding carboxylic acids is 1. The van der Waals surface area contributed by atoms with Crippen molar-refractivity contribution >= 4 is 11.6 Å². The van der Waals surface area contributed by atoms with Crippen LogP contribution in [-0.2, 0) is 11.0 Å². The maximum Gasteiger partial charge on any atom is 0.416 e. The second-order valence-electron chi connectivity index (χ2n) is 7.90. The summed E-state index contributed by atoms with van der Waals surface area (Å²) in [5.74, 6) is 0.631. The summed E-state index contributed by atoms with van der Waals surface area (Å²) >= 11 is 0. The first-order valence-electron chi connectivity index (χ1n) is 9.88. The number of nitrogens with zero attached hydrogens (tertiary/aromatic N) is 1. The van der Waals surface area contributed by atoms with Gasteiger partial charge >= 0.3 is 6.18 Å². The topological polar surface area (TPSA) is 36.8 Å². The molecule has 4 nitrogen and oxygen atoms in total. The molecule has 1 saturated carbocycles. The molecule has 150 valence electrons. The van der Waals surface area contributed by atoms with E-state index in [1.807, 2.05) is 4.90 Å². The molecule has 1 saturated heterocycles. The number of hydrogen-bond donors (Lipinski definition) is 2. The van der Waals surface area contributed by atoms with Crippen molar-refractivity contribution in [3.63, 3.8) is 0 Å². The maximum absolute atomic E-state index is 12.9. The fourth-order valence-corrected chi connectivity index (χ4v) is 4.15. The molecule has 2 aliphatic rings. The molecule has 1 aromatic rings.